The molecule has 1 aromatic rings. The molecule has 1 fully saturated rings. The molecule has 144 valence electrons. The Hall–Kier alpha value is -1.95. The molecule has 1 unspecified atom stereocenters. The number of aryl methyl sites for hydroxylation is 1. The molecule has 0 radical (unpaired) electrons. The van der Waals surface area contributed by atoms with Crippen LogP contribution in [0.3, 0.4) is 0 Å². The first-order chi connectivity index (χ1) is 12.4. The second kappa shape index (κ2) is 8.62. The van der Waals surface area contributed by atoms with Crippen molar-refractivity contribution in [1.82, 2.24) is 0 Å². The molecule has 0 aromatic heterocycles. The Bertz CT molecular complexity index is 669. The third kappa shape index (κ3) is 4.06. The van der Waals surface area contributed by atoms with E-state index in [0.717, 1.165) is 43.0 Å². The number of ether oxygens (including phenoxy) is 1. The smallest absolute Gasteiger partial charge is 0.340 e. The molecule has 0 saturated carbocycles. The van der Waals surface area contributed by atoms with E-state index in [1.807, 2.05) is 6.92 Å². The van der Waals surface area contributed by atoms with E-state index in [2.05, 4.69) is 12.2 Å². The number of hydrogen-bond acceptors (Lipinski definition) is 3. The van der Waals surface area contributed by atoms with Gasteiger partial charge in [0.15, 0.2) is 6.04 Å². The van der Waals surface area contributed by atoms with Crippen molar-refractivity contribution in [2.75, 3.05) is 31.6 Å². The number of carbonyl (C=O) groups excluding carboxylic acids is 2. The van der Waals surface area contributed by atoms with Crippen molar-refractivity contribution < 1.29 is 23.2 Å². The minimum Gasteiger partial charge on any atom is -0.462 e. The van der Waals surface area contributed by atoms with Gasteiger partial charge in [0.2, 0.25) is 0 Å². The lowest BCUT2D eigenvalue weighted by Gasteiger charge is -2.39. The lowest BCUT2D eigenvalue weighted by molar-refractivity contribution is -0.930. The number of anilines is 1. The number of amides is 1. The zero-order valence-electron chi connectivity index (χ0n) is 16.2. The molecule has 0 aliphatic carbocycles. The van der Waals surface area contributed by atoms with Gasteiger partial charge in [-0.05, 0) is 38.5 Å². The standard InChI is InChI=1S/C20H29FN2O3/c1-5-17(23(6-2)10-8-9-11-23)19(24)22-18-14(4)12-15(21)13-16(18)20(25)26-7-3/h12-13,17H,5-11H2,1-4H3/p+1. The van der Waals surface area contributed by atoms with Gasteiger partial charge in [-0.1, -0.05) is 6.92 Å². The summed E-state index contributed by atoms with van der Waals surface area (Å²) >= 11 is 0. The molecule has 0 bridgehead atoms. The highest BCUT2D eigenvalue weighted by Gasteiger charge is 2.42. The van der Waals surface area contributed by atoms with E-state index in [-0.39, 0.29) is 24.1 Å². The van der Waals surface area contributed by atoms with Gasteiger partial charge in [-0.15, -0.1) is 0 Å². The zero-order valence-corrected chi connectivity index (χ0v) is 16.2. The SMILES string of the molecule is CCOC(=O)c1cc(F)cc(C)c1NC(=O)C(CC)[N+]1(CC)CCCC1. The summed E-state index contributed by atoms with van der Waals surface area (Å²) < 4.78 is 19.6. The molecule has 1 aliphatic heterocycles. The van der Waals surface area contributed by atoms with Crippen LogP contribution in [-0.2, 0) is 9.53 Å². The van der Waals surface area contributed by atoms with E-state index < -0.39 is 11.8 Å². The molecule has 1 amide bonds. The fourth-order valence-electron chi connectivity index (χ4n) is 4.12. The third-order valence-corrected chi connectivity index (χ3v) is 5.48. The van der Waals surface area contributed by atoms with Crippen LogP contribution in [0, 0.1) is 12.7 Å². The van der Waals surface area contributed by atoms with E-state index >= 15 is 0 Å². The number of esters is 1. The van der Waals surface area contributed by atoms with Gasteiger partial charge in [0.25, 0.3) is 5.91 Å². The van der Waals surface area contributed by atoms with E-state index in [9.17, 15) is 14.0 Å². The predicted molar refractivity (Wildman–Crippen MR) is 99.6 cm³/mol. The van der Waals surface area contributed by atoms with Crippen molar-refractivity contribution >= 4 is 17.6 Å². The second-order valence-electron chi connectivity index (χ2n) is 6.97. The number of nitrogens with zero attached hydrogens (tertiary/aromatic N) is 1. The van der Waals surface area contributed by atoms with Crippen LogP contribution in [0.5, 0.6) is 0 Å². The van der Waals surface area contributed by atoms with Crippen molar-refractivity contribution in [2.45, 2.75) is 53.0 Å². The quantitative estimate of drug-likeness (QED) is 0.593. The topological polar surface area (TPSA) is 55.4 Å². The number of likely N-dealkylation sites (N-methyl/N-ethyl adjacent to an activating group) is 1. The van der Waals surface area contributed by atoms with Crippen LogP contribution in [-0.4, -0.2) is 48.6 Å². The van der Waals surface area contributed by atoms with Gasteiger partial charge in [-0.2, -0.15) is 0 Å². The normalized spacial score (nSPS) is 17.0. The summed E-state index contributed by atoms with van der Waals surface area (Å²) in [5.41, 5.74) is 0.930. The first kappa shape index (κ1) is 20.4. The summed E-state index contributed by atoms with van der Waals surface area (Å²) in [6.45, 7) is 10.6. The monoisotopic (exact) mass is 365 g/mol. The Morgan fingerprint density at radius 3 is 2.42 bits per heavy atom. The molecule has 26 heavy (non-hydrogen) atoms. The van der Waals surface area contributed by atoms with Crippen molar-refractivity contribution in [3.63, 3.8) is 0 Å². The fourth-order valence-corrected chi connectivity index (χ4v) is 4.12. The number of likely N-dealkylation sites (tertiary alicyclic amines) is 1. The molecule has 1 N–H and O–H groups in total. The first-order valence-corrected chi connectivity index (χ1v) is 9.52. The lowest BCUT2D eigenvalue weighted by Crippen LogP contribution is -2.57. The molecule has 1 aliphatic rings. The van der Waals surface area contributed by atoms with E-state index in [4.69, 9.17) is 4.74 Å². The van der Waals surface area contributed by atoms with Gasteiger partial charge in [0, 0.05) is 19.3 Å². The summed E-state index contributed by atoms with van der Waals surface area (Å²) in [6.07, 6.45) is 2.97. The highest BCUT2D eigenvalue weighted by atomic mass is 19.1. The Morgan fingerprint density at radius 2 is 1.88 bits per heavy atom. The highest BCUT2D eigenvalue weighted by Crippen LogP contribution is 2.28. The van der Waals surface area contributed by atoms with E-state index in [1.54, 1.807) is 13.8 Å². The maximum absolute atomic E-state index is 13.8. The van der Waals surface area contributed by atoms with Gasteiger partial charge in [-0.3, -0.25) is 4.79 Å². The van der Waals surface area contributed by atoms with Crippen molar-refractivity contribution in [1.29, 1.82) is 0 Å². The lowest BCUT2D eigenvalue weighted by atomic mass is 10.0. The Kier molecular flexibility index (Phi) is 6.75. The van der Waals surface area contributed by atoms with Gasteiger partial charge in [0.1, 0.15) is 5.82 Å². The average Bonchev–Trinajstić information content (AvgIpc) is 3.07. The van der Waals surface area contributed by atoms with Crippen LogP contribution in [0.1, 0.15) is 56.0 Å². The third-order valence-electron chi connectivity index (χ3n) is 5.48. The van der Waals surface area contributed by atoms with Crippen LogP contribution in [0.2, 0.25) is 0 Å². The van der Waals surface area contributed by atoms with Crippen LogP contribution in [0.15, 0.2) is 12.1 Å². The first-order valence-electron chi connectivity index (χ1n) is 9.52. The molecule has 1 heterocycles. The highest BCUT2D eigenvalue weighted by molar-refractivity contribution is 6.03. The van der Waals surface area contributed by atoms with Crippen molar-refractivity contribution in [3.05, 3.63) is 29.1 Å². The molecule has 6 heteroatoms. The number of halogens is 1. The average molecular weight is 365 g/mol. The summed E-state index contributed by atoms with van der Waals surface area (Å²) in [7, 11) is 0. The predicted octanol–water partition coefficient (Wildman–Crippen LogP) is 3.66. The molecular formula is C20H30FN2O3+. The Labute approximate surface area is 155 Å². The minimum absolute atomic E-state index is 0.0667. The van der Waals surface area contributed by atoms with Crippen LogP contribution in [0.25, 0.3) is 0 Å². The summed E-state index contributed by atoms with van der Waals surface area (Å²) in [6, 6.07) is 2.27. The van der Waals surface area contributed by atoms with Crippen LogP contribution >= 0.6 is 0 Å². The van der Waals surface area contributed by atoms with Gasteiger partial charge >= 0.3 is 5.97 Å². The van der Waals surface area contributed by atoms with Crippen LogP contribution < -0.4 is 5.32 Å². The number of nitrogens with one attached hydrogen (secondary N) is 1. The molecular weight excluding hydrogens is 335 g/mol. The number of carbonyl (C=O) groups is 2. The largest absolute Gasteiger partial charge is 0.462 e. The molecule has 1 aromatic carbocycles. The molecule has 0 spiro atoms. The van der Waals surface area contributed by atoms with Gasteiger partial charge in [-0.25, -0.2) is 9.18 Å². The summed E-state index contributed by atoms with van der Waals surface area (Å²) in [5, 5.41) is 2.91. The van der Waals surface area contributed by atoms with Crippen molar-refractivity contribution in [2.24, 2.45) is 0 Å². The van der Waals surface area contributed by atoms with Crippen molar-refractivity contribution in [3.8, 4) is 0 Å². The molecule has 5 nitrogen and oxygen atoms in total. The number of hydrogen-bond donors (Lipinski definition) is 1. The zero-order chi connectivity index (χ0) is 19.3. The Morgan fingerprint density at radius 1 is 1.23 bits per heavy atom. The maximum Gasteiger partial charge on any atom is 0.340 e. The molecule has 1 saturated heterocycles. The molecule has 1 atom stereocenters. The number of rotatable bonds is 7. The number of quaternary nitrogens is 1. The van der Waals surface area contributed by atoms with E-state index in [1.165, 1.54) is 6.07 Å². The summed E-state index contributed by atoms with van der Waals surface area (Å²) in [5.74, 6) is -1.26. The maximum atomic E-state index is 13.8. The van der Waals surface area contributed by atoms with Gasteiger partial charge in [0.05, 0.1) is 37.5 Å². The molecule has 2 rings (SSSR count). The minimum atomic E-state index is -0.626. The Balaban J connectivity index is 2.34. The number of benzene rings is 1. The van der Waals surface area contributed by atoms with E-state index in [0.29, 0.717) is 17.7 Å². The summed E-state index contributed by atoms with van der Waals surface area (Å²) in [4.78, 5) is 25.3. The second-order valence-corrected chi connectivity index (χ2v) is 6.97. The fraction of sp³-hybridized carbons (Fsp3) is 0.600. The van der Waals surface area contributed by atoms with Crippen LogP contribution in [0.4, 0.5) is 10.1 Å². The van der Waals surface area contributed by atoms with Gasteiger partial charge < -0.3 is 14.5 Å².